The van der Waals surface area contributed by atoms with E-state index in [0.29, 0.717) is 57.9 Å². The van der Waals surface area contributed by atoms with Crippen molar-refractivity contribution in [2.75, 3.05) is 33.0 Å². The predicted molar refractivity (Wildman–Crippen MR) is 375 cm³/mol. The molecule has 94 heavy (non-hydrogen) atoms. The Morgan fingerprint density at radius 2 is 1.17 bits per heavy atom. The molecule has 24 heteroatoms. The van der Waals surface area contributed by atoms with Crippen LogP contribution in [0.25, 0.3) is 0 Å². The number of hydrogen-bond acceptors (Lipinski definition) is 18. The first kappa shape index (κ1) is 78.5. The second kappa shape index (κ2) is 36.2. The van der Waals surface area contributed by atoms with Crippen LogP contribution in [0.3, 0.4) is 0 Å². The number of carbonyl (C=O) groups is 2. The Bertz CT molecular complexity index is 3800. The number of aryl methyl sites for hydroxylation is 13. The summed E-state index contributed by atoms with van der Waals surface area (Å²) in [5.41, 5.74) is 10.5. The third-order valence-corrected chi connectivity index (χ3v) is 19.4. The minimum absolute atomic E-state index is 0.0417. The molecule has 0 aliphatic carbocycles. The van der Waals surface area contributed by atoms with Gasteiger partial charge in [-0.1, -0.05) is 130 Å². The highest BCUT2D eigenvalue weighted by atomic mass is 35.5. The molecule has 0 unspecified atom stereocenters. The van der Waals surface area contributed by atoms with Crippen LogP contribution in [0.5, 0.6) is 23.0 Å². The lowest BCUT2D eigenvalue weighted by atomic mass is 9.82. The molecule has 4 aromatic carbocycles. The van der Waals surface area contributed by atoms with Crippen LogP contribution in [0.4, 0.5) is 0 Å². The summed E-state index contributed by atoms with van der Waals surface area (Å²) in [7, 11) is 5.04. The molecule has 5 heterocycles. The second-order valence-corrected chi connectivity index (χ2v) is 29.5. The third-order valence-electron chi connectivity index (χ3n) is 15.8. The van der Waals surface area contributed by atoms with Crippen molar-refractivity contribution >= 4 is 81.3 Å². The van der Waals surface area contributed by atoms with Crippen molar-refractivity contribution in [1.29, 1.82) is 0 Å². The number of unbranched alkanes of at least 4 members (excludes halogenated alkanes) is 1. The van der Waals surface area contributed by atoms with Gasteiger partial charge in [-0.15, -0.1) is 0 Å². The fourth-order valence-corrected chi connectivity index (χ4v) is 13.0. The number of ether oxygens (including phenoxy) is 6. The Morgan fingerprint density at radius 3 is 1.59 bits per heavy atom. The molecule has 9 rings (SSSR count). The maximum atomic E-state index is 12.7. The monoisotopic (exact) mass is 1410 g/mol. The standard InChI is InChI=1S/C38H52O10.C20H26O2.C4H3Cl2NOS.C4H4ClNOS.C4H5NOS/c1-8-9-10-30-18-29(17-26(4)34(30)42)11-13-31(39)43-19-37(6,7)36-46-22-38(23-47-36)20-44-35(45-21-38)27(5)48-32(40)14-12-28-15-24(2)33(41)25(3)16-28;1-6-7-16(17-8-14(4)19(21)10-12(17)2)18-9-15(5)20(22)11-13(18)3;1-7-4(8)2(5)3(6)9-7;1-6-4(7)2-3(5)8-6;1-5-4(6)2-3-7-5/h15-18,35-36,41-42H,5,8-14,19-23H2,1-4,6-7H3;8-11,16,21-22H,6-7H2,1-5H3;1H3;2H,1H3;2-3H,1H3. The van der Waals surface area contributed by atoms with E-state index in [1.165, 1.54) is 48.2 Å². The predicted octanol–water partition coefficient (Wildman–Crippen LogP) is 14.9. The van der Waals surface area contributed by atoms with Crippen molar-refractivity contribution in [1.82, 2.24) is 11.9 Å². The number of hydrogen-bond donors (Lipinski definition) is 4. The molecule has 4 N–H and O–H groups in total. The molecule has 514 valence electrons. The van der Waals surface area contributed by atoms with Gasteiger partial charge < -0.3 is 48.8 Å². The largest absolute Gasteiger partial charge is 0.508 e. The summed E-state index contributed by atoms with van der Waals surface area (Å²) in [6.45, 7) is 26.8. The SMILES string of the molecule is C=C(OC(=O)CCc1cc(C)c(O)c(C)c1)C1OCC2(CO1)COC(C(C)(C)COC(=O)CCc1cc(C)c(O)c(CCCC)c1)OC2.CCCC(c1cc(C)c(O)cc1C)c1cc(C)c(O)cc1C.Cn1sc(Cl)c(Cl)c1=O.Cn1sc(Cl)cc1=O.Cn1sccc1=O. The van der Waals surface area contributed by atoms with Gasteiger partial charge in [0.25, 0.3) is 16.7 Å². The normalized spacial score (nSPS) is 15.9. The minimum Gasteiger partial charge on any atom is -0.508 e. The van der Waals surface area contributed by atoms with Gasteiger partial charge >= 0.3 is 11.9 Å². The van der Waals surface area contributed by atoms with Gasteiger partial charge in [0.15, 0.2) is 12.0 Å². The first-order valence-electron chi connectivity index (χ1n) is 30.9. The molecular weight excluding hydrogens is 1330 g/mol. The van der Waals surface area contributed by atoms with Crippen molar-refractivity contribution in [3.63, 3.8) is 0 Å². The quantitative estimate of drug-likeness (QED) is 0.0462. The lowest BCUT2D eigenvalue weighted by Gasteiger charge is -2.46. The van der Waals surface area contributed by atoms with Gasteiger partial charge in [0.05, 0.1) is 31.8 Å². The number of phenols is 4. The fourth-order valence-electron chi connectivity index (χ4n) is 10.3. The van der Waals surface area contributed by atoms with E-state index in [1.807, 2.05) is 84.9 Å². The first-order valence-corrected chi connectivity index (χ1v) is 34.4. The average molecular weight is 1420 g/mol. The zero-order valence-electron chi connectivity index (χ0n) is 56.2. The van der Waals surface area contributed by atoms with Crippen molar-refractivity contribution in [3.05, 3.63) is 190 Å². The summed E-state index contributed by atoms with van der Waals surface area (Å²) in [6, 6.07) is 18.5. The molecule has 0 bridgehead atoms. The van der Waals surface area contributed by atoms with E-state index in [1.54, 1.807) is 36.5 Å². The average Bonchev–Trinajstić information content (AvgIpc) is 1.41. The lowest BCUT2D eigenvalue weighted by molar-refractivity contribution is -0.320. The summed E-state index contributed by atoms with van der Waals surface area (Å²) >= 11 is 20.2. The number of carbonyl (C=O) groups excluding carboxylic acids is 2. The maximum Gasteiger partial charge on any atom is 0.311 e. The summed E-state index contributed by atoms with van der Waals surface area (Å²) in [6.07, 6.45) is 4.89. The molecule has 0 atom stereocenters. The van der Waals surface area contributed by atoms with E-state index in [9.17, 15) is 44.4 Å². The number of halogens is 3. The number of rotatable bonds is 18. The van der Waals surface area contributed by atoms with Crippen molar-refractivity contribution < 1.29 is 58.4 Å². The molecule has 3 aromatic heterocycles. The highest BCUT2D eigenvalue weighted by Gasteiger charge is 2.46. The highest BCUT2D eigenvalue weighted by Crippen LogP contribution is 2.40. The first-order chi connectivity index (χ1) is 44.2. The van der Waals surface area contributed by atoms with E-state index in [-0.39, 0.29) is 71.8 Å². The summed E-state index contributed by atoms with van der Waals surface area (Å²) in [4.78, 5) is 56.8. The summed E-state index contributed by atoms with van der Waals surface area (Å²) < 4.78 is 40.3. The van der Waals surface area contributed by atoms with E-state index in [4.69, 9.17) is 63.2 Å². The number of benzene rings is 4. The molecule has 0 radical (unpaired) electrons. The molecular formula is C70H90Cl3N3O15S3. The number of aromatic hydroxyl groups is 4. The topological polar surface area (TPSA) is 236 Å². The smallest absolute Gasteiger partial charge is 0.311 e. The van der Waals surface area contributed by atoms with E-state index < -0.39 is 29.4 Å². The summed E-state index contributed by atoms with van der Waals surface area (Å²) in [5, 5.41) is 42.0. The van der Waals surface area contributed by atoms with E-state index >= 15 is 0 Å². The van der Waals surface area contributed by atoms with Crippen LogP contribution in [-0.4, -0.2) is 89.8 Å². The molecule has 1 spiro atoms. The van der Waals surface area contributed by atoms with Crippen LogP contribution in [0.1, 0.15) is 139 Å². The van der Waals surface area contributed by atoms with Gasteiger partial charge in [-0.3, -0.25) is 35.8 Å². The van der Waals surface area contributed by atoms with Crippen molar-refractivity contribution in [2.24, 2.45) is 32.0 Å². The Morgan fingerprint density at radius 1 is 0.649 bits per heavy atom. The van der Waals surface area contributed by atoms with Gasteiger partial charge in [-0.05, 0) is 183 Å². The number of nitrogens with zero attached hydrogens (tertiary/aromatic N) is 3. The third kappa shape index (κ3) is 22.7. The Balaban J connectivity index is 0.000000279. The maximum absolute atomic E-state index is 12.7. The van der Waals surface area contributed by atoms with Crippen molar-refractivity contribution in [3.8, 4) is 23.0 Å². The van der Waals surface area contributed by atoms with Crippen LogP contribution in [0.2, 0.25) is 13.7 Å². The molecule has 7 aromatic rings. The van der Waals surface area contributed by atoms with Crippen molar-refractivity contribution in [2.45, 2.75) is 152 Å². The lowest BCUT2D eigenvalue weighted by Crippen LogP contribution is -2.55. The van der Waals surface area contributed by atoms with E-state index in [0.717, 1.165) is 99.3 Å². The molecule has 2 aliphatic rings. The van der Waals surface area contributed by atoms with Crippen LogP contribution >= 0.6 is 69.4 Å². The Kier molecular flexibility index (Phi) is 30.2. The minimum atomic E-state index is -0.889. The van der Waals surface area contributed by atoms with Crippen LogP contribution in [0, 0.1) is 59.3 Å². The number of phenolic OH excluding ortho intramolecular Hbond substituents is 4. The molecule has 2 fully saturated rings. The molecule has 0 saturated carbocycles. The number of esters is 2. The molecule has 2 aliphatic heterocycles. The Hall–Kier alpha value is -6.24. The zero-order valence-corrected chi connectivity index (χ0v) is 60.9. The highest BCUT2D eigenvalue weighted by molar-refractivity contribution is 7.12. The van der Waals surface area contributed by atoms with E-state index in [2.05, 4.69) is 46.4 Å². The fraction of sp³-hybridized carbons (Fsp3) is 0.471. The van der Waals surface area contributed by atoms with Gasteiger partial charge in [0.1, 0.15) is 43.3 Å². The van der Waals surface area contributed by atoms with Gasteiger partial charge in [-0.25, -0.2) is 0 Å². The molecule has 0 amide bonds. The zero-order chi connectivity index (χ0) is 69.9. The van der Waals surface area contributed by atoms with Crippen LogP contribution in [0.15, 0.2) is 92.8 Å². The van der Waals surface area contributed by atoms with Gasteiger partial charge in [0, 0.05) is 62.8 Å². The van der Waals surface area contributed by atoms with Crippen LogP contribution in [-0.2, 0) is 78.4 Å². The molecule has 18 nitrogen and oxygen atoms in total. The van der Waals surface area contributed by atoms with Gasteiger partial charge in [0.2, 0.25) is 6.29 Å². The second-order valence-electron chi connectivity index (χ2n) is 24.5. The van der Waals surface area contributed by atoms with Crippen LogP contribution < -0.4 is 16.7 Å². The summed E-state index contributed by atoms with van der Waals surface area (Å²) in [5.74, 6) is 0.948. The number of aromatic nitrogens is 3. The van der Waals surface area contributed by atoms with Gasteiger partial charge in [-0.2, -0.15) is 0 Å². The Labute approximate surface area is 578 Å². The molecule has 2 saturated heterocycles.